The Morgan fingerprint density at radius 2 is 1.60 bits per heavy atom. The molecule has 238 valence electrons. The van der Waals surface area contributed by atoms with Crippen LogP contribution < -0.4 is 15.4 Å². The predicted molar refractivity (Wildman–Crippen MR) is 179 cm³/mol. The molecule has 9 nitrogen and oxygen atoms in total. The number of aromatic nitrogens is 4. The Balaban J connectivity index is 1.39. The van der Waals surface area contributed by atoms with Crippen LogP contribution in [0.1, 0.15) is 35.2 Å². The molecule has 0 spiro atoms. The van der Waals surface area contributed by atoms with Gasteiger partial charge in [0, 0.05) is 27.9 Å². The van der Waals surface area contributed by atoms with Gasteiger partial charge in [0.25, 0.3) is 5.91 Å². The number of nitrogens with zero attached hydrogens (tertiary/aromatic N) is 4. The second kappa shape index (κ2) is 11.1. The number of halogens is 2. The van der Waals surface area contributed by atoms with E-state index in [-0.39, 0.29) is 17.4 Å². The topological polar surface area (TPSA) is 106 Å². The minimum Gasteiger partial charge on any atom is -0.508 e. The van der Waals surface area contributed by atoms with E-state index in [9.17, 15) is 14.3 Å². The molecule has 2 unspecified atom stereocenters. The fraction of sp³-hybridized carbons (Fsp3) is 0.108. The highest BCUT2D eigenvalue weighted by molar-refractivity contribution is 6.31. The molecule has 2 atom stereocenters. The summed E-state index contributed by atoms with van der Waals surface area (Å²) in [5, 5.41) is 27.0. The fourth-order valence-corrected chi connectivity index (χ4v) is 6.79. The van der Waals surface area contributed by atoms with E-state index in [2.05, 4.69) is 10.6 Å². The smallest absolute Gasteiger partial charge is 0.255 e. The van der Waals surface area contributed by atoms with E-state index in [1.165, 1.54) is 24.3 Å². The molecule has 1 amide bonds. The van der Waals surface area contributed by atoms with Gasteiger partial charge in [-0.1, -0.05) is 48.0 Å². The van der Waals surface area contributed by atoms with Crippen LogP contribution in [0.4, 0.5) is 4.39 Å². The number of nitrogens with one attached hydrogen (secondary N) is 2. The van der Waals surface area contributed by atoms with Crippen LogP contribution in [0.25, 0.3) is 22.6 Å². The number of ether oxygens (including phenoxy) is 1. The fourth-order valence-electron chi connectivity index (χ4n) is 6.49. The van der Waals surface area contributed by atoms with Crippen LogP contribution >= 0.6 is 11.6 Å². The molecule has 4 aromatic carbocycles. The van der Waals surface area contributed by atoms with E-state index < -0.39 is 17.5 Å². The van der Waals surface area contributed by atoms with Gasteiger partial charge in [-0.25, -0.2) is 13.8 Å². The second-order valence-corrected chi connectivity index (χ2v) is 12.3. The van der Waals surface area contributed by atoms with Crippen LogP contribution in [-0.4, -0.2) is 30.6 Å². The molecular weight excluding hydrogens is 631 g/mol. The number of carbonyl (C=O) groups excluding carboxylic acids is 1. The first-order chi connectivity index (χ1) is 23.2. The molecule has 0 saturated carbocycles. The Labute approximate surface area is 279 Å². The highest BCUT2D eigenvalue weighted by Gasteiger charge is 2.48. The van der Waals surface area contributed by atoms with E-state index in [1.807, 2.05) is 73.8 Å². The summed E-state index contributed by atoms with van der Waals surface area (Å²) < 4.78 is 24.2. The van der Waals surface area contributed by atoms with Crippen LogP contribution in [0.5, 0.6) is 11.6 Å². The van der Waals surface area contributed by atoms with Gasteiger partial charge in [0.05, 0.1) is 39.8 Å². The summed E-state index contributed by atoms with van der Waals surface area (Å²) in [5.74, 6) is -0.881. The Morgan fingerprint density at radius 3 is 2.31 bits per heavy atom. The van der Waals surface area contributed by atoms with Gasteiger partial charge < -0.3 is 20.5 Å². The Morgan fingerprint density at radius 1 is 0.917 bits per heavy atom. The number of carbonyl (C=O) groups is 1. The second-order valence-electron chi connectivity index (χ2n) is 11.9. The molecule has 2 aliphatic rings. The van der Waals surface area contributed by atoms with Crippen molar-refractivity contribution < 1.29 is 19.0 Å². The lowest BCUT2D eigenvalue weighted by Crippen LogP contribution is -2.60. The molecule has 2 aromatic heterocycles. The SMILES string of the molecule is Cc1nn(-c2ccccc2)c2c1C(c1cn(-c3ccccc3)nc1-c1ccc(F)cc1)C1=C(NC(C)(c3cc(O)ccc3Cl)NC1=O)O2. The summed E-state index contributed by atoms with van der Waals surface area (Å²) in [7, 11) is 0. The number of aromatic hydroxyl groups is 1. The van der Waals surface area contributed by atoms with Crippen LogP contribution in [0.2, 0.25) is 5.02 Å². The van der Waals surface area contributed by atoms with Gasteiger partial charge in [-0.05, 0) is 80.6 Å². The first-order valence-corrected chi connectivity index (χ1v) is 15.7. The predicted octanol–water partition coefficient (Wildman–Crippen LogP) is 6.86. The zero-order valence-corrected chi connectivity index (χ0v) is 26.5. The van der Waals surface area contributed by atoms with E-state index >= 15 is 0 Å². The standard InChI is InChI=1S/C37H28ClFN6O3/c1-21-30-31(27-20-44(24-9-5-3-6-10-24)43-33(27)22-13-15-23(39)16-14-22)32-34(47)40-37(2,28-19-26(46)17-18-29(28)38)41-35(32)48-36(30)45(42-21)25-11-7-4-8-12-25/h3-20,31,41,46H,1-2H3,(H,40,47). The average molecular weight is 659 g/mol. The summed E-state index contributed by atoms with van der Waals surface area (Å²) >= 11 is 6.61. The van der Waals surface area contributed by atoms with Crippen LogP contribution in [0.3, 0.4) is 0 Å². The van der Waals surface area contributed by atoms with Crippen LogP contribution in [-0.2, 0) is 10.5 Å². The number of rotatable bonds is 5. The van der Waals surface area contributed by atoms with Crippen molar-refractivity contribution in [2.45, 2.75) is 25.4 Å². The number of aryl methyl sites for hydroxylation is 1. The number of phenolic OH excluding ortho intramolecular Hbond substituents is 1. The number of phenols is 1. The monoisotopic (exact) mass is 658 g/mol. The van der Waals surface area contributed by atoms with E-state index in [1.54, 1.807) is 34.5 Å². The maximum absolute atomic E-state index is 14.5. The molecule has 0 bridgehead atoms. The summed E-state index contributed by atoms with van der Waals surface area (Å²) in [6.45, 7) is 3.63. The zero-order valence-electron chi connectivity index (χ0n) is 25.8. The van der Waals surface area contributed by atoms with Crippen molar-refractivity contribution in [1.82, 2.24) is 30.2 Å². The van der Waals surface area contributed by atoms with Crippen molar-refractivity contribution in [3.63, 3.8) is 0 Å². The van der Waals surface area contributed by atoms with E-state index in [4.69, 9.17) is 26.5 Å². The van der Waals surface area contributed by atoms with Gasteiger partial charge in [0.1, 0.15) is 17.2 Å². The van der Waals surface area contributed by atoms with E-state index in [0.717, 1.165) is 11.4 Å². The normalized spacial score (nSPS) is 18.4. The number of amides is 1. The van der Waals surface area contributed by atoms with Crippen molar-refractivity contribution in [3.8, 4) is 34.3 Å². The minimum absolute atomic E-state index is 0.00813. The van der Waals surface area contributed by atoms with Crippen molar-refractivity contribution in [2.75, 3.05) is 0 Å². The highest BCUT2D eigenvalue weighted by atomic mass is 35.5. The third-order valence-electron chi connectivity index (χ3n) is 8.74. The molecule has 3 N–H and O–H groups in total. The lowest BCUT2D eigenvalue weighted by atomic mass is 9.81. The van der Waals surface area contributed by atoms with E-state index in [0.29, 0.717) is 50.1 Å². The van der Waals surface area contributed by atoms with Crippen molar-refractivity contribution >= 4 is 17.5 Å². The molecular formula is C37H28ClFN6O3. The van der Waals surface area contributed by atoms with Gasteiger partial charge in [-0.15, -0.1) is 0 Å². The largest absolute Gasteiger partial charge is 0.508 e. The van der Waals surface area contributed by atoms with Crippen molar-refractivity contribution in [3.05, 3.63) is 154 Å². The quantitative estimate of drug-likeness (QED) is 0.187. The summed E-state index contributed by atoms with van der Waals surface area (Å²) in [6, 6.07) is 29.9. The van der Waals surface area contributed by atoms with Crippen LogP contribution in [0.15, 0.2) is 121 Å². The first kappa shape index (κ1) is 29.5. The molecule has 4 heterocycles. The zero-order chi connectivity index (χ0) is 33.2. The van der Waals surface area contributed by atoms with Gasteiger partial charge >= 0.3 is 0 Å². The number of fused-ring (bicyclic) bond motifs is 1. The maximum Gasteiger partial charge on any atom is 0.255 e. The Hall–Kier alpha value is -5.87. The summed E-state index contributed by atoms with van der Waals surface area (Å²) in [5.41, 5.74) is 4.34. The molecule has 8 rings (SSSR count). The number of hydrogen-bond donors (Lipinski definition) is 3. The molecule has 0 saturated heterocycles. The molecule has 2 aliphatic heterocycles. The highest BCUT2D eigenvalue weighted by Crippen LogP contribution is 2.49. The third-order valence-corrected chi connectivity index (χ3v) is 9.07. The molecule has 0 aliphatic carbocycles. The third kappa shape index (κ3) is 4.80. The summed E-state index contributed by atoms with van der Waals surface area (Å²) in [6.07, 6.45) is 1.89. The molecule has 11 heteroatoms. The van der Waals surface area contributed by atoms with Crippen molar-refractivity contribution in [2.24, 2.45) is 0 Å². The molecule has 0 fully saturated rings. The lowest BCUT2D eigenvalue weighted by Gasteiger charge is -2.42. The minimum atomic E-state index is -1.26. The lowest BCUT2D eigenvalue weighted by molar-refractivity contribution is -0.121. The Kier molecular flexibility index (Phi) is 6.85. The van der Waals surface area contributed by atoms with Gasteiger partial charge in [-0.2, -0.15) is 10.2 Å². The number of hydrogen-bond acceptors (Lipinski definition) is 6. The average Bonchev–Trinajstić information content (AvgIpc) is 3.67. The molecule has 6 aromatic rings. The van der Waals surface area contributed by atoms with Crippen molar-refractivity contribution in [1.29, 1.82) is 0 Å². The molecule has 48 heavy (non-hydrogen) atoms. The Bertz CT molecular complexity index is 2250. The van der Waals surface area contributed by atoms with Gasteiger partial charge in [0.2, 0.25) is 11.8 Å². The van der Waals surface area contributed by atoms with Gasteiger partial charge in [-0.3, -0.25) is 4.79 Å². The molecule has 0 radical (unpaired) electrons. The first-order valence-electron chi connectivity index (χ1n) is 15.3. The van der Waals surface area contributed by atoms with Crippen LogP contribution in [0, 0.1) is 12.7 Å². The van der Waals surface area contributed by atoms with Gasteiger partial charge in [0.15, 0.2) is 0 Å². The number of para-hydroxylation sites is 2. The summed E-state index contributed by atoms with van der Waals surface area (Å²) in [4.78, 5) is 14.5. The number of benzene rings is 4. The maximum atomic E-state index is 14.5.